The molecule has 1 unspecified atom stereocenters. The van der Waals surface area contributed by atoms with Crippen molar-refractivity contribution < 1.29 is 23.9 Å². The number of esters is 2. The maximum Gasteiger partial charge on any atom is 0.330 e. The highest BCUT2D eigenvalue weighted by Gasteiger charge is 2.31. The van der Waals surface area contributed by atoms with Crippen LogP contribution in [0.15, 0.2) is 12.2 Å². The third-order valence-electron chi connectivity index (χ3n) is 2.37. The molecular weight excluding hydrogens is 212 g/mol. The van der Waals surface area contributed by atoms with Gasteiger partial charge in [-0.15, -0.1) is 0 Å². The minimum Gasteiger partial charge on any atom is -0.466 e. The molecule has 0 amide bonds. The highest BCUT2D eigenvalue weighted by atomic mass is 16.5. The molecule has 16 heavy (non-hydrogen) atoms. The zero-order valence-corrected chi connectivity index (χ0v) is 9.10. The van der Waals surface area contributed by atoms with E-state index in [2.05, 4.69) is 4.74 Å². The van der Waals surface area contributed by atoms with Gasteiger partial charge in [-0.2, -0.15) is 0 Å². The maximum atomic E-state index is 11.4. The van der Waals surface area contributed by atoms with E-state index in [1.54, 1.807) is 0 Å². The summed E-state index contributed by atoms with van der Waals surface area (Å²) in [7, 11) is 1.26. The topological polar surface area (TPSA) is 69.7 Å². The zero-order chi connectivity index (χ0) is 12.0. The van der Waals surface area contributed by atoms with Crippen LogP contribution in [-0.4, -0.2) is 31.4 Å². The number of rotatable bonds is 4. The maximum absolute atomic E-state index is 11.4. The summed E-state index contributed by atoms with van der Waals surface area (Å²) >= 11 is 0. The van der Waals surface area contributed by atoms with Crippen LogP contribution in [0.3, 0.4) is 0 Å². The minimum absolute atomic E-state index is 0.0162. The van der Waals surface area contributed by atoms with E-state index in [1.165, 1.54) is 19.3 Å². The number of hydrogen-bond donors (Lipinski definition) is 0. The van der Waals surface area contributed by atoms with Crippen LogP contribution in [0.4, 0.5) is 0 Å². The van der Waals surface area contributed by atoms with Crippen LogP contribution >= 0.6 is 0 Å². The monoisotopic (exact) mass is 226 g/mol. The van der Waals surface area contributed by atoms with E-state index < -0.39 is 17.9 Å². The van der Waals surface area contributed by atoms with Crippen LogP contribution in [0, 0.1) is 5.92 Å². The Bertz CT molecular complexity index is 318. The Morgan fingerprint density at radius 3 is 2.81 bits per heavy atom. The van der Waals surface area contributed by atoms with Crippen molar-refractivity contribution in [3.63, 3.8) is 0 Å². The van der Waals surface area contributed by atoms with Crippen molar-refractivity contribution in [2.24, 2.45) is 5.92 Å². The van der Waals surface area contributed by atoms with E-state index in [0.717, 1.165) is 6.42 Å². The van der Waals surface area contributed by atoms with Gasteiger partial charge in [-0.3, -0.25) is 9.59 Å². The molecule has 5 heteroatoms. The predicted molar refractivity (Wildman–Crippen MR) is 54.5 cm³/mol. The van der Waals surface area contributed by atoms with Crippen LogP contribution in [0.2, 0.25) is 0 Å². The number of carbonyl (C=O) groups excluding carboxylic acids is 3. The van der Waals surface area contributed by atoms with Crippen molar-refractivity contribution >= 4 is 17.7 Å². The molecule has 0 saturated heterocycles. The molecule has 0 aliphatic heterocycles. The molecule has 1 rings (SSSR count). The van der Waals surface area contributed by atoms with Gasteiger partial charge < -0.3 is 9.47 Å². The van der Waals surface area contributed by atoms with Crippen molar-refractivity contribution in [3.8, 4) is 0 Å². The van der Waals surface area contributed by atoms with Crippen molar-refractivity contribution in [3.05, 3.63) is 12.2 Å². The SMILES string of the molecule is COC(=O)/C=C/COC(=O)C1CCCC1=O. The van der Waals surface area contributed by atoms with Gasteiger partial charge in [0.25, 0.3) is 0 Å². The molecule has 0 aromatic rings. The van der Waals surface area contributed by atoms with Gasteiger partial charge in [0, 0.05) is 12.5 Å². The van der Waals surface area contributed by atoms with Crippen LogP contribution < -0.4 is 0 Å². The van der Waals surface area contributed by atoms with Gasteiger partial charge in [-0.05, 0) is 18.9 Å². The van der Waals surface area contributed by atoms with Gasteiger partial charge in [0.05, 0.1) is 7.11 Å². The summed E-state index contributed by atoms with van der Waals surface area (Å²) in [6.07, 6.45) is 4.32. The smallest absolute Gasteiger partial charge is 0.330 e. The minimum atomic E-state index is -0.605. The standard InChI is InChI=1S/C11H14O5/c1-15-10(13)6-3-7-16-11(14)8-4-2-5-9(8)12/h3,6,8H,2,4-5,7H2,1H3/b6-3+. The first-order valence-corrected chi connectivity index (χ1v) is 5.09. The first kappa shape index (κ1) is 12.4. The summed E-state index contributed by atoms with van der Waals surface area (Å²) < 4.78 is 9.19. The molecule has 0 aromatic carbocycles. The van der Waals surface area contributed by atoms with Crippen LogP contribution in [0.25, 0.3) is 0 Å². The average molecular weight is 226 g/mol. The fourth-order valence-electron chi connectivity index (χ4n) is 1.51. The van der Waals surface area contributed by atoms with Gasteiger partial charge >= 0.3 is 11.9 Å². The van der Waals surface area contributed by atoms with Gasteiger partial charge in [-0.1, -0.05) is 0 Å². The quantitative estimate of drug-likeness (QED) is 0.399. The molecule has 0 radical (unpaired) electrons. The van der Waals surface area contributed by atoms with Crippen molar-refractivity contribution in [2.75, 3.05) is 13.7 Å². The Hall–Kier alpha value is -1.65. The van der Waals surface area contributed by atoms with E-state index in [9.17, 15) is 14.4 Å². The average Bonchev–Trinajstić information content (AvgIpc) is 2.70. The molecule has 88 valence electrons. The lowest BCUT2D eigenvalue weighted by Crippen LogP contribution is -2.21. The predicted octanol–water partition coefficient (Wildman–Crippen LogP) is 0.628. The van der Waals surface area contributed by atoms with Crippen molar-refractivity contribution in [1.82, 2.24) is 0 Å². The lowest BCUT2D eigenvalue weighted by molar-refractivity contribution is -0.150. The Labute approximate surface area is 93.4 Å². The first-order valence-electron chi connectivity index (χ1n) is 5.09. The summed E-state index contributed by atoms with van der Waals surface area (Å²) in [4.78, 5) is 33.2. The molecule has 0 N–H and O–H groups in total. The van der Waals surface area contributed by atoms with Crippen LogP contribution in [0.1, 0.15) is 19.3 Å². The highest BCUT2D eigenvalue weighted by Crippen LogP contribution is 2.22. The third kappa shape index (κ3) is 3.49. The zero-order valence-electron chi connectivity index (χ0n) is 9.10. The fourth-order valence-corrected chi connectivity index (χ4v) is 1.51. The molecule has 1 saturated carbocycles. The van der Waals surface area contributed by atoms with E-state index in [4.69, 9.17) is 4.74 Å². The molecule has 1 aliphatic carbocycles. The molecule has 1 fully saturated rings. The Morgan fingerprint density at radius 2 is 2.25 bits per heavy atom. The number of carbonyl (C=O) groups is 3. The van der Waals surface area contributed by atoms with Crippen molar-refractivity contribution in [2.45, 2.75) is 19.3 Å². The summed E-state index contributed by atoms with van der Waals surface area (Å²) in [5.74, 6) is -1.67. The van der Waals surface area contributed by atoms with E-state index in [0.29, 0.717) is 12.8 Å². The third-order valence-corrected chi connectivity index (χ3v) is 2.37. The lowest BCUT2D eigenvalue weighted by atomic mass is 10.1. The van der Waals surface area contributed by atoms with E-state index in [-0.39, 0.29) is 12.4 Å². The first-order chi connectivity index (χ1) is 7.65. The molecule has 0 heterocycles. The van der Waals surface area contributed by atoms with Gasteiger partial charge in [0.2, 0.25) is 0 Å². The lowest BCUT2D eigenvalue weighted by Gasteiger charge is -2.06. The van der Waals surface area contributed by atoms with E-state index >= 15 is 0 Å². The van der Waals surface area contributed by atoms with Gasteiger partial charge in [-0.25, -0.2) is 4.79 Å². The molecular formula is C11H14O5. The molecule has 1 atom stereocenters. The Kier molecular flexibility index (Phi) is 4.69. The number of hydrogen-bond acceptors (Lipinski definition) is 5. The van der Waals surface area contributed by atoms with Crippen molar-refractivity contribution in [1.29, 1.82) is 0 Å². The highest BCUT2D eigenvalue weighted by molar-refractivity contribution is 6.00. The Balaban J connectivity index is 2.27. The summed E-state index contributed by atoms with van der Waals surface area (Å²) in [6.45, 7) is -0.0162. The number of Topliss-reactive ketones (excluding diaryl/α,β-unsaturated/α-hetero) is 1. The largest absolute Gasteiger partial charge is 0.466 e. The van der Waals surface area contributed by atoms with Crippen LogP contribution in [0.5, 0.6) is 0 Å². The molecule has 0 spiro atoms. The summed E-state index contributed by atoms with van der Waals surface area (Å²) in [6, 6.07) is 0. The van der Waals surface area contributed by atoms with Gasteiger partial charge in [0.15, 0.2) is 0 Å². The second kappa shape index (κ2) is 6.05. The second-order valence-electron chi connectivity index (χ2n) is 3.47. The number of methoxy groups -OCH3 is 1. The number of ketones is 1. The summed E-state index contributed by atoms with van der Waals surface area (Å²) in [5, 5.41) is 0. The Morgan fingerprint density at radius 1 is 1.50 bits per heavy atom. The molecule has 1 aliphatic rings. The number of ether oxygens (including phenoxy) is 2. The van der Waals surface area contributed by atoms with Crippen LogP contribution in [-0.2, 0) is 23.9 Å². The van der Waals surface area contributed by atoms with E-state index in [1.807, 2.05) is 0 Å². The molecule has 0 bridgehead atoms. The van der Waals surface area contributed by atoms with Gasteiger partial charge in [0.1, 0.15) is 18.3 Å². The molecule has 0 aromatic heterocycles. The summed E-state index contributed by atoms with van der Waals surface area (Å²) in [5.41, 5.74) is 0. The molecule has 5 nitrogen and oxygen atoms in total. The second-order valence-corrected chi connectivity index (χ2v) is 3.47. The fraction of sp³-hybridized carbons (Fsp3) is 0.545. The normalized spacial score (nSPS) is 20.1.